The van der Waals surface area contributed by atoms with Crippen LogP contribution in [0.5, 0.6) is 0 Å². The third kappa shape index (κ3) is 2.80. The average molecular weight is 344 g/mol. The van der Waals surface area contributed by atoms with Crippen LogP contribution in [0.2, 0.25) is 0 Å². The Morgan fingerprint density at radius 1 is 0.731 bits per heavy atom. The summed E-state index contributed by atoms with van der Waals surface area (Å²) in [5, 5.41) is 0. The molecule has 3 aromatic rings. The second-order valence-electron chi connectivity index (χ2n) is 9.16. The molecule has 1 aliphatic carbocycles. The minimum Gasteiger partial charge on any atom is -0.361 e. The molecule has 26 heavy (non-hydrogen) atoms. The van der Waals surface area contributed by atoms with Gasteiger partial charge in [0.2, 0.25) is 0 Å². The Bertz CT molecular complexity index is 939. The molecule has 0 saturated heterocycles. The third-order valence-electron chi connectivity index (χ3n) is 6.25. The zero-order valence-electron chi connectivity index (χ0n) is 16.6. The van der Waals surface area contributed by atoms with Gasteiger partial charge in [0.1, 0.15) is 0 Å². The van der Waals surface area contributed by atoms with Gasteiger partial charge in [0, 0.05) is 11.8 Å². The first-order chi connectivity index (χ1) is 12.3. The van der Waals surface area contributed by atoms with E-state index in [4.69, 9.17) is 0 Å². The summed E-state index contributed by atoms with van der Waals surface area (Å²) >= 11 is 0. The van der Waals surface area contributed by atoms with Crippen molar-refractivity contribution in [2.75, 3.05) is 0 Å². The molecular weight excluding hydrogens is 314 g/mol. The molecule has 4 rings (SSSR count). The molecule has 1 aromatic heterocycles. The number of hydrogen-bond acceptors (Lipinski definition) is 0. The van der Waals surface area contributed by atoms with E-state index >= 15 is 0 Å². The van der Waals surface area contributed by atoms with Crippen LogP contribution in [-0.4, -0.2) is 4.98 Å². The van der Waals surface area contributed by atoms with Gasteiger partial charge in [-0.05, 0) is 65.0 Å². The van der Waals surface area contributed by atoms with Gasteiger partial charge in [-0.3, -0.25) is 0 Å². The van der Waals surface area contributed by atoms with E-state index in [0.29, 0.717) is 0 Å². The Hall–Kier alpha value is -2.28. The van der Waals surface area contributed by atoms with Gasteiger partial charge in [0.25, 0.3) is 0 Å². The molecule has 0 unspecified atom stereocenters. The number of benzene rings is 2. The maximum atomic E-state index is 3.49. The molecule has 2 aromatic carbocycles. The highest BCUT2D eigenvalue weighted by Crippen LogP contribution is 2.47. The van der Waals surface area contributed by atoms with Gasteiger partial charge < -0.3 is 4.98 Å². The molecule has 1 N–H and O–H groups in total. The Kier molecular flexibility index (Phi) is 3.87. The number of aromatic amines is 1. The van der Waals surface area contributed by atoms with Crippen LogP contribution in [0, 0.1) is 6.92 Å². The molecular formula is C25H29N. The Balaban J connectivity index is 1.84. The summed E-state index contributed by atoms with van der Waals surface area (Å²) in [7, 11) is 0. The summed E-state index contributed by atoms with van der Waals surface area (Å²) < 4.78 is 0. The van der Waals surface area contributed by atoms with Crippen LogP contribution in [0.4, 0.5) is 0 Å². The van der Waals surface area contributed by atoms with Crippen molar-refractivity contribution in [1.82, 2.24) is 4.98 Å². The Morgan fingerprint density at radius 2 is 1.35 bits per heavy atom. The molecule has 134 valence electrons. The van der Waals surface area contributed by atoms with Gasteiger partial charge in [-0.2, -0.15) is 0 Å². The Morgan fingerprint density at radius 3 is 2.04 bits per heavy atom. The average Bonchev–Trinajstić information content (AvgIpc) is 3.09. The van der Waals surface area contributed by atoms with Gasteiger partial charge in [0.05, 0.1) is 5.69 Å². The number of nitrogens with one attached hydrogen (secondary N) is 1. The molecule has 1 heterocycles. The number of aryl methyl sites for hydroxylation is 1. The van der Waals surface area contributed by atoms with Crippen LogP contribution in [0.15, 0.2) is 54.7 Å². The summed E-state index contributed by atoms with van der Waals surface area (Å²) in [6, 6.07) is 18.1. The van der Waals surface area contributed by atoms with E-state index in [1.165, 1.54) is 51.9 Å². The maximum absolute atomic E-state index is 3.49. The zero-order valence-corrected chi connectivity index (χ0v) is 16.6. The molecule has 0 bridgehead atoms. The number of aromatic nitrogens is 1. The summed E-state index contributed by atoms with van der Waals surface area (Å²) in [6.45, 7) is 11.7. The topological polar surface area (TPSA) is 15.8 Å². The van der Waals surface area contributed by atoms with Crippen molar-refractivity contribution in [3.63, 3.8) is 0 Å². The summed E-state index contributed by atoms with van der Waals surface area (Å²) in [4.78, 5) is 3.49. The number of H-pyrrole nitrogens is 1. The smallest absolute Gasteiger partial charge is 0.0533 e. The fraction of sp³-hybridized carbons (Fsp3) is 0.360. The van der Waals surface area contributed by atoms with Gasteiger partial charge in [-0.25, -0.2) is 0 Å². The lowest BCUT2D eigenvalue weighted by Gasteiger charge is -2.42. The van der Waals surface area contributed by atoms with Crippen molar-refractivity contribution in [3.8, 4) is 22.4 Å². The van der Waals surface area contributed by atoms with Crippen molar-refractivity contribution in [2.45, 2.75) is 58.3 Å². The molecule has 0 aliphatic heterocycles. The lowest BCUT2D eigenvalue weighted by molar-refractivity contribution is 0.332. The molecule has 0 amide bonds. The molecule has 1 aliphatic rings. The SMILES string of the molecule is Cc1ccc(-c2cc[nH]c2-c2ccc3c(c2)C(C)(C)CCC3(C)C)cc1. The predicted molar refractivity (Wildman–Crippen MR) is 112 cm³/mol. The normalized spacial score (nSPS) is 17.7. The van der Waals surface area contributed by atoms with E-state index in [0.717, 1.165) is 0 Å². The van der Waals surface area contributed by atoms with Gasteiger partial charge in [-0.15, -0.1) is 0 Å². The van der Waals surface area contributed by atoms with Crippen LogP contribution in [0.3, 0.4) is 0 Å². The maximum Gasteiger partial charge on any atom is 0.0533 e. The van der Waals surface area contributed by atoms with Crippen LogP contribution < -0.4 is 0 Å². The lowest BCUT2D eigenvalue weighted by Crippen LogP contribution is -2.33. The van der Waals surface area contributed by atoms with Crippen molar-refractivity contribution >= 4 is 0 Å². The van der Waals surface area contributed by atoms with Gasteiger partial charge in [0.15, 0.2) is 0 Å². The first kappa shape index (κ1) is 17.1. The molecule has 0 atom stereocenters. The highest BCUT2D eigenvalue weighted by molar-refractivity contribution is 5.82. The van der Waals surface area contributed by atoms with Crippen LogP contribution in [0.1, 0.15) is 57.2 Å². The van der Waals surface area contributed by atoms with E-state index in [1.807, 2.05) is 0 Å². The second-order valence-corrected chi connectivity index (χ2v) is 9.16. The predicted octanol–water partition coefficient (Wildman–Crippen LogP) is 7.01. The van der Waals surface area contributed by atoms with Crippen LogP contribution in [0.25, 0.3) is 22.4 Å². The minimum atomic E-state index is 0.234. The minimum absolute atomic E-state index is 0.234. The highest BCUT2D eigenvalue weighted by atomic mass is 14.7. The van der Waals surface area contributed by atoms with Crippen molar-refractivity contribution in [3.05, 3.63) is 71.4 Å². The quantitative estimate of drug-likeness (QED) is 0.515. The fourth-order valence-electron chi connectivity index (χ4n) is 4.33. The highest BCUT2D eigenvalue weighted by Gasteiger charge is 2.37. The number of fused-ring (bicyclic) bond motifs is 1. The van der Waals surface area contributed by atoms with E-state index in [2.05, 4.69) is 94.3 Å². The van der Waals surface area contributed by atoms with Crippen molar-refractivity contribution < 1.29 is 0 Å². The number of hydrogen-bond donors (Lipinski definition) is 1. The first-order valence-corrected chi connectivity index (χ1v) is 9.68. The van der Waals surface area contributed by atoms with E-state index < -0.39 is 0 Å². The lowest BCUT2D eigenvalue weighted by atomic mass is 9.63. The molecule has 0 spiro atoms. The summed E-state index contributed by atoms with van der Waals surface area (Å²) in [5.74, 6) is 0. The summed E-state index contributed by atoms with van der Waals surface area (Å²) in [6.07, 6.45) is 4.55. The molecule has 0 saturated carbocycles. The van der Waals surface area contributed by atoms with Gasteiger partial charge >= 0.3 is 0 Å². The Labute approximate surface area is 157 Å². The second kappa shape index (κ2) is 5.87. The first-order valence-electron chi connectivity index (χ1n) is 9.68. The summed E-state index contributed by atoms with van der Waals surface area (Å²) in [5.41, 5.74) is 9.87. The molecule has 0 fully saturated rings. The molecule has 1 heteroatoms. The van der Waals surface area contributed by atoms with Crippen molar-refractivity contribution in [2.24, 2.45) is 0 Å². The monoisotopic (exact) mass is 343 g/mol. The molecule has 1 nitrogen and oxygen atoms in total. The standard InChI is InChI=1S/C25H29N/c1-17-6-8-18(9-7-17)20-12-15-26-23(20)19-10-11-21-22(16-19)25(4,5)14-13-24(21,2)3/h6-12,15-16,26H,13-14H2,1-5H3. The molecule has 0 radical (unpaired) electrons. The number of rotatable bonds is 2. The van der Waals surface area contributed by atoms with E-state index in [9.17, 15) is 0 Å². The van der Waals surface area contributed by atoms with Crippen LogP contribution in [-0.2, 0) is 10.8 Å². The third-order valence-corrected chi connectivity index (χ3v) is 6.25. The van der Waals surface area contributed by atoms with Crippen molar-refractivity contribution in [1.29, 1.82) is 0 Å². The van der Waals surface area contributed by atoms with Crippen LogP contribution >= 0.6 is 0 Å². The van der Waals surface area contributed by atoms with Gasteiger partial charge in [-0.1, -0.05) is 69.7 Å². The zero-order chi connectivity index (χ0) is 18.5. The fourth-order valence-corrected chi connectivity index (χ4v) is 4.33. The van der Waals surface area contributed by atoms with E-state index in [1.54, 1.807) is 0 Å². The van der Waals surface area contributed by atoms with E-state index in [-0.39, 0.29) is 10.8 Å². The largest absolute Gasteiger partial charge is 0.361 e.